The van der Waals surface area contributed by atoms with Crippen LogP contribution in [0, 0.1) is 17.5 Å². The van der Waals surface area contributed by atoms with Gasteiger partial charge in [0.05, 0.1) is 6.04 Å². The monoisotopic (exact) mass is 187 g/mol. The molecule has 0 aromatic heterocycles. The van der Waals surface area contributed by atoms with Crippen molar-refractivity contribution in [2.45, 2.75) is 6.04 Å². The minimum absolute atomic E-state index is 0.229. The molecule has 4 heteroatoms. The number of benzene rings is 1. The molecule has 0 bridgehead atoms. The van der Waals surface area contributed by atoms with Crippen LogP contribution in [-0.4, -0.2) is 0 Å². The molecule has 1 rings (SSSR count). The summed E-state index contributed by atoms with van der Waals surface area (Å²) in [5, 5.41) is 0. The van der Waals surface area contributed by atoms with Crippen LogP contribution in [0.15, 0.2) is 24.8 Å². The molecule has 1 atom stereocenters. The van der Waals surface area contributed by atoms with Crippen molar-refractivity contribution in [1.29, 1.82) is 0 Å². The molecule has 0 saturated heterocycles. The maximum Gasteiger partial charge on any atom is 0.164 e. The van der Waals surface area contributed by atoms with E-state index in [1.807, 2.05) is 0 Å². The predicted octanol–water partition coefficient (Wildman–Crippen LogP) is 2.29. The van der Waals surface area contributed by atoms with Crippen molar-refractivity contribution in [3.05, 3.63) is 47.8 Å². The Kier molecular flexibility index (Phi) is 2.72. The second kappa shape index (κ2) is 3.62. The molecule has 0 saturated carbocycles. The fourth-order valence-corrected chi connectivity index (χ4v) is 0.945. The summed E-state index contributed by atoms with van der Waals surface area (Å²) in [6.07, 6.45) is 1.21. The van der Waals surface area contributed by atoms with Crippen LogP contribution in [0.3, 0.4) is 0 Å². The van der Waals surface area contributed by atoms with Crippen LogP contribution >= 0.6 is 0 Å². The van der Waals surface area contributed by atoms with Crippen molar-refractivity contribution in [2.75, 3.05) is 0 Å². The molecule has 1 aromatic carbocycles. The molecular formula is C9H8F3N. The fourth-order valence-electron chi connectivity index (χ4n) is 0.945. The average molecular weight is 187 g/mol. The first-order valence-corrected chi connectivity index (χ1v) is 3.59. The van der Waals surface area contributed by atoms with Crippen LogP contribution in [0.1, 0.15) is 11.6 Å². The highest BCUT2D eigenvalue weighted by Gasteiger charge is 2.14. The van der Waals surface area contributed by atoms with Gasteiger partial charge >= 0.3 is 0 Å². The molecule has 0 aliphatic rings. The van der Waals surface area contributed by atoms with E-state index in [0.717, 1.165) is 6.07 Å². The normalized spacial score (nSPS) is 12.6. The lowest BCUT2D eigenvalue weighted by atomic mass is 10.1. The van der Waals surface area contributed by atoms with Gasteiger partial charge in [-0.3, -0.25) is 0 Å². The van der Waals surface area contributed by atoms with Gasteiger partial charge in [0.15, 0.2) is 11.6 Å². The Morgan fingerprint density at radius 3 is 2.46 bits per heavy atom. The first-order chi connectivity index (χ1) is 6.06. The standard InChI is InChI=1S/C9H8F3N/c1-2-8(13)6-3-5(10)4-7(11)9(6)12/h2-4,8H,1,13H2/t8-/m0/s1. The van der Waals surface area contributed by atoms with Crippen molar-refractivity contribution >= 4 is 0 Å². The second-order valence-electron chi connectivity index (χ2n) is 2.55. The van der Waals surface area contributed by atoms with E-state index < -0.39 is 23.5 Å². The van der Waals surface area contributed by atoms with E-state index in [0.29, 0.717) is 6.07 Å². The third kappa shape index (κ3) is 1.89. The Hall–Kier alpha value is -1.29. The van der Waals surface area contributed by atoms with E-state index in [1.54, 1.807) is 0 Å². The Morgan fingerprint density at radius 1 is 1.31 bits per heavy atom. The van der Waals surface area contributed by atoms with Gasteiger partial charge in [-0.25, -0.2) is 13.2 Å². The average Bonchev–Trinajstić information content (AvgIpc) is 2.10. The minimum atomic E-state index is -1.24. The van der Waals surface area contributed by atoms with Crippen LogP contribution in [0.25, 0.3) is 0 Å². The summed E-state index contributed by atoms with van der Waals surface area (Å²) in [7, 11) is 0. The molecule has 0 radical (unpaired) electrons. The van der Waals surface area contributed by atoms with E-state index in [2.05, 4.69) is 6.58 Å². The van der Waals surface area contributed by atoms with E-state index in [-0.39, 0.29) is 5.56 Å². The molecule has 1 nitrogen and oxygen atoms in total. The largest absolute Gasteiger partial charge is 0.321 e. The van der Waals surface area contributed by atoms with E-state index in [1.165, 1.54) is 6.08 Å². The number of rotatable bonds is 2. The van der Waals surface area contributed by atoms with Crippen molar-refractivity contribution in [3.8, 4) is 0 Å². The number of hydrogen-bond acceptors (Lipinski definition) is 1. The van der Waals surface area contributed by atoms with Gasteiger partial charge in [0, 0.05) is 11.6 Å². The van der Waals surface area contributed by atoms with Crippen molar-refractivity contribution < 1.29 is 13.2 Å². The maximum absolute atomic E-state index is 12.9. The van der Waals surface area contributed by atoms with Gasteiger partial charge in [-0.1, -0.05) is 6.08 Å². The molecule has 0 aliphatic carbocycles. The summed E-state index contributed by atoms with van der Waals surface area (Å²) in [6.45, 7) is 3.30. The molecular weight excluding hydrogens is 179 g/mol. The lowest BCUT2D eigenvalue weighted by molar-refractivity contribution is 0.481. The van der Waals surface area contributed by atoms with E-state index >= 15 is 0 Å². The lowest BCUT2D eigenvalue weighted by Crippen LogP contribution is -2.10. The van der Waals surface area contributed by atoms with Crippen LogP contribution in [-0.2, 0) is 0 Å². The van der Waals surface area contributed by atoms with Crippen molar-refractivity contribution in [1.82, 2.24) is 0 Å². The van der Waals surface area contributed by atoms with Gasteiger partial charge in [-0.2, -0.15) is 0 Å². The Bertz CT molecular complexity index is 336. The third-order valence-corrected chi connectivity index (χ3v) is 1.63. The Labute approximate surface area is 73.7 Å². The number of nitrogens with two attached hydrogens (primary N) is 1. The molecule has 0 fully saturated rings. The second-order valence-corrected chi connectivity index (χ2v) is 2.55. The summed E-state index contributed by atoms with van der Waals surface area (Å²) >= 11 is 0. The minimum Gasteiger partial charge on any atom is -0.321 e. The van der Waals surface area contributed by atoms with Gasteiger partial charge in [-0.15, -0.1) is 6.58 Å². The van der Waals surface area contributed by atoms with Crippen molar-refractivity contribution in [2.24, 2.45) is 5.73 Å². The van der Waals surface area contributed by atoms with Crippen molar-refractivity contribution in [3.63, 3.8) is 0 Å². The maximum atomic E-state index is 12.9. The Morgan fingerprint density at radius 2 is 1.92 bits per heavy atom. The van der Waals surface area contributed by atoms with Crippen LogP contribution in [0.2, 0.25) is 0 Å². The zero-order chi connectivity index (χ0) is 10.0. The zero-order valence-electron chi connectivity index (χ0n) is 6.73. The summed E-state index contributed by atoms with van der Waals surface area (Å²) in [6, 6.07) is 0.421. The molecule has 0 amide bonds. The molecule has 2 N–H and O–H groups in total. The van der Waals surface area contributed by atoms with Crippen LogP contribution in [0.5, 0.6) is 0 Å². The molecule has 0 heterocycles. The summed E-state index contributed by atoms with van der Waals surface area (Å²) in [4.78, 5) is 0. The molecule has 0 unspecified atom stereocenters. The summed E-state index contributed by atoms with van der Waals surface area (Å²) in [5.74, 6) is -3.23. The predicted molar refractivity (Wildman–Crippen MR) is 43.4 cm³/mol. The lowest BCUT2D eigenvalue weighted by Gasteiger charge is -2.08. The van der Waals surface area contributed by atoms with Gasteiger partial charge in [0.2, 0.25) is 0 Å². The molecule has 70 valence electrons. The van der Waals surface area contributed by atoms with E-state index in [4.69, 9.17) is 5.73 Å². The highest BCUT2D eigenvalue weighted by Crippen LogP contribution is 2.19. The topological polar surface area (TPSA) is 26.0 Å². The highest BCUT2D eigenvalue weighted by molar-refractivity contribution is 5.25. The van der Waals surface area contributed by atoms with Gasteiger partial charge in [0.25, 0.3) is 0 Å². The van der Waals surface area contributed by atoms with Crippen LogP contribution in [0.4, 0.5) is 13.2 Å². The fraction of sp³-hybridized carbons (Fsp3) is 0.111. The SMILES string of the molecule is C=C[C@H](N)c1cc(F)cc(F)c1F. The highest BCUT2D eigenvalue weighted by atomic mass is 19.2. The van der Waals surface area contributed by atoms with Crippen LogP contribution < -0.4 is 5.73 Å². The molecule has 0 spiro atoms. The molecule has 13 heavy (non-hydrogen) atoms. The zero-order valence-corrected chi connectivity index (χ0v) is 6.73. The van der Waals surface area contributed by atoms with E-state index in [9.17, 15) is 13.2 Å². The Balaban J connectivity index is 3.27. The quantitative estimate of drug-likeness (QED) is 0.558. The third-order valence-electron chi connectivity index (χ3n) is 1.63. The van der Waals surface area contributed by atoms with Gasteiger partial charge < -0.3 is 5.73 Å². The smallest absolute Gasteiger partial charge is 0.164 e. The van der Waals surface area contributed by atoms with Gasteiger partial charge in [-0.05, 0) is 6.07 Å². The number of hydrogen-bond donors (Lipinski definition) is 1. The van der Waals surface area contributed by atoms with Gasteiger partial charge in [0.1, 0.15) is 5.82 Å². The first-order valence-electron chi connectivity index (χ1n) is 3.59. The first kappa shape index (κ1) is 9.80. The molecule has 0 aliphatic heterocycles. The summed E-state index contributed by atoms with van der Waals surface area (Å²) in [5.41, 5.74) is 5.11. The number of halogens is 3. The summed E-state index contributed by atoms with van der Waals surface area (Å²) < 4.78 is 38.2. The molecule has 1 aromatic rings.